The third-order valence-electron chi connectivity index (χ3n) is 5.10. The lowest BCUT2D eigenvalue weighted by Crippen LogP contribution is -2.49. The van der Waals surface area contributed by atoms with Gasteiger partial charge in [0.1, 0.15) is 21.4 Å². The van der Waals surface area contributed by atoms with Crippen molar-refractivity contribution in [2.75, 3.05) is 38.2 Å². The summed E-state index contributed by atoms with van der Waals surface area (Å²) in [4.78, 5) is 23.4. The van der Waals surface area contributed by atoms with E-state index in [1.54, 1.807) is 5.38 Å². The minimum atomic E-state index is -3.78. The van der Waals surface area contributed by atoms with E-state index in [4.69, 9.17) is 9.72 Å². The molecule has 0 saturated carbocycles. The van der Waals surface area contributed by atoms with Gasteiger partial charge in [0.2, 0.25) is 10.0 Å². The molecule has 2 aromatic heterocycles. The summed E-state index contributed by atoms with van der Waals surface area (Å²) < 4.78 is 32.4. The second kappa shape index (κ2) is 8.29. The van der Waals surface area contributed by atoms with Crippen LogP contribution in [0.2, 0.25) is 0 Å². The molecule has 4 rings (SSSR count). The quantitative estimate of drug-likeness (QED) is 0.556. The lowest BCUT2D eigenvalue weighted by atomic mass is 10.2. The number of thiophene rings is 1. The number of para-hydroxylation sites is 1. The van der Waals surface area contributed by atoms with Crippen LogP contribution in [0.1, 0.15) is 22.4 Å². The maximum absolute atomic E-state index is 13.1. The van der Waals surface area contributed by atoms with Gasteiger partial charge in [0, 0.05) is 38.0 Å². The predicted molar refractivity (Wildman–Crippen MR) is 116 cm³/mol. The molecule has 158 valence electrons. The number of methoxy groups -OCH3 is 1. The van der Waals surface area contributed by atoms with Crippen molar-refractivity contribution in [2.45, 2.75) is 18.2 Å². The smallest absolute Gasteiger partial charge is 0.349 e. The zero-order chi connectivity index (χ0) is 21.3. The number of rotatable bonds is 5. The second-order valence-corrected chi connectivity index (χ2v) is 9.65. The van der Waals surface area contributed by atoms with Gasteiger partial charge in [-0.25, -0.2) is 23.2 Å². The summed E-state index contributed by atoms with van der Waals surface area (Å²) in [6.07, 6.45) is 0.723. The molecule has 3 aromatic rings. The van der Waals surface area contributed by atoms with Gasteiger partial charge in [0.05, 0.1) is 12.6 Å². The number of aryl methyl sites for hydroxylation is 1. The number of piperazine rings is 1. The fourth-order valence-corrected chi connectivity index (χ4v) is 6.26. The molecule has 1 saturated heterocycles. The molecule has 0 bridgehead atoms. The van der Waals surface area contributed by atoms with Gasteiger partial charge in [-0.3, -0.25) is 0 Å². The van der Waals surface area contributed by atoms with Gasteiger partial charge >= 0.3 is 5.97 Å². The molecule has 0 unspecified atom stereocenters. The van der Waals surface area contributed by atoms with Crippen LogP contribution in [0.5, 0.6) is 0 Å². The van der Waals surface area contributed by atoms with E-state index in [2.05, 4.69) is 9.88 Å². The molecule has 0 radical (unpaired) electrons. The van der Waals surface area contributed by atoms with E-state index >= 15 is 0 Å². The summed E-state index contributed by atoms with van der Waals surface area (Å²) in [6.45, 7) is 3.62. The van der Waals surface area contributed by atoms with Crippen LogP contribution in [-0.2, 0) is 21.2 Å². The molecule has 3 heterocycles. The van der Waals surface area contributed by atoms with Gasteiger partial charge in [0.25, 0.3) is 0 Å². The Kier molecular flexibility index (Phi) is 5.72. The zero-order valence-electron chi connectivity index (χ0n) is 16.7. The van der Waals surface area contributed by atoms with Crippen molar-refractivity contribution >= 4 is 44.1 Å². The number of carbonyl (C=O) groups is 1. The van der Waals surface area contributed by atoms with Crippen LogP contribution in [0.3, 0.4) is 0 Å². The first-order valence-electron chi connectivity index (χ1n) is 9.62. The molecular weight excluding hydrogens is 424 g/mol. The van der Waals surface area contributed by atoms with Crippen LogP contribution < -0.4 is 4.90 Å². The normalized spacial score (nSPS) is 15.5. The molecular formula is C20H22N4O4S2. The minimum absolute atomic E-state index is 0.00792. The van der Waals surface area contributed by atoms with Crippen molar-refractivity contribution in [1.82, 2.24) is 14.3 Å². The number of hydrogen-bond donors (Lipinski definition) is 0. The fourth-order valence-electron chi connectivity index (χ4n) is 3.53. The summed E-state index contributed by atoms with van der Waals surface area (Å²) >= 11 is 1.07. The van der Waals surface area contributed by atoms with Crippen LogP contribution in [-0.4, -0.2) is 61.9 Å². The van der Waals surface area contributed by atoms with Crippen LogP contribution in [0, 0.1) is 0 Å². The van der Waals surface area contributed by atoms with E-state index in [1.165, 1.54) is 17.5 Å². The summed E-state index contributed by atoms with van der Waals surface area (Å²) in [5, 5.41) is 2.55. The van der Waals surface area contributed by atoms with Crippen molar-refractivity contribution in [3.05, 3.63) is 46.4 Å². The average molecular weight is 447 g/mol. The number of esters is 1. The summed E-state index contributed by atoms with van der Waals surface area (Å²) in [5.74, 6) is 0.960. The van der Waals surface area contributed by atoms with Crippen LogP contribution in [0.15, 0.2) is 40.6 Å². The standard InChI is InChI=1S/C20H22N4O4S2/c1-3-17-21-15-7-5-4-6-14(15)19(22-17)23-9-11-24(12-10-23)30(26,27)16-8-13-29-18(16)20(25)28-2/h4-8,13H,3,9-12H2,1-2H3. The van der Waals surface area contributed by atoms with Gasteiger partial charge < -0.3 is 9.64 Å². The van der Waals surface area contributed by atoms with E-state index in [0.29, 0.717) is 26.2 Å². The maximum Gasteiger partial charge on any atom is 0.349 e. The van der Waals surface area contributed by atoms with Gasteiger partial charge in [-0.15, -0.1) is 11.3 Å². The van der Waals surface area contributed by atoms with Crippen molar-refractivity contribution in [3.63, 3.8) is 0 Å². The van der Waals surface area contributed by atoms with Crippen LogP contribution in [0.4, 0.5) is 5.82 Å². The van der Waals surface area contributed by atoms with Crippen molar-refractivity contribution in [2.24, 2.45) is 0 Å². The van der Waals surface area contributed by atoms with Crippen molar-refractivity contribution in [1.29, 1.82) is 0 Å². The molecule has 1 aliphatic rings. The largest absolute Gasteiger partial charge is 0.465 e. The van der Waals surface area contributed by atoms with Gasteiger partial charge in [-0.2, -0.15) is 4.31 Å². The third kappa shape index (κ3) is 3.66. The lowest BCUT2D eigenvalue weighted by molar-refractivity contribution is 0.0602. The van der Waals surface area contributed by atoms with Crippen LogP contribution >= 0.6 is 11.3 Å². The van der Waals surface area contributed by atoms with Crippen molar-refractivity contribution < 1.29 is 17.9 Å². The highest BCUT2D eigenvalue weighted by Crippen LogP contribution is 2.29. The number of sulfonamides is 1. The Hall–Kier alpha value is -2.56. The lowest BCUT2D eigenvalue weighted by Gasteiger charge is -2.35. The highest BCUT2D eigenvalue weighted by atomic mass is 32.2. The predicted octanol–water partition coefficient (Wildman–Crippen LogP) is 2.55. The Morgan fingerprint density at radius 3 is 2.57 bits per heavy atom. The summed E-state index contributed by atoms with van der Waals surface area (Å²) in [6, 6.07) is 9.31. The Morgan fingerprint density at radius 1 is 1.13 bits per heavy atom. The number of hydrogen-bond acceptors (Lipinski definition) is 8. The summed E-state index contributed by atoms with van der Waals surface area (Å²) in [7, 11) is -2.54. The van der Waals surface area contributed by atoms with E-state index in [0.717, 1.165) is 40.3 Å². The molecule has 30 heavy (non-hydrogen) atoms. The first-order valence-corrected chi connectivity index (χ1v) is 11.9. The first kappa shape index (κ1) is 20.7. The highest BCUT2D eigenvalue weighted by molar-refractivity contribution is 7.89. The maximum atomic E-state index is 13.1. The van der Waals surface area contributed by atoms with E-state index in [-0.39, 0.29) is 9.77 Å². The highest BCUT2D eigenvalue weighted by Gasteiger charge is 2.33. The Bertz CT molecular complexity index is 1180. The van der Waals surface area contributed by atoms with E-state index < -0.39 is 16.0 Å². The number of fused-ring (bicyclic) bond motifs is 1. The molecule has 0 aliphatic carbocycles. The second-order valence-electron chi connectivity index (χ2n) is 6.83. The van der Waals surface area contributed by atoms with Crippen LogP contribution in [0.25, 0.3) is 10.9 Å². The molecule has 1 aromatic carbocycles. The molecule has 0 atom stereocenters. The molecule has 0 amide bonds. The minimum Gasteiger partial charge on any atom is -0.465 e. The number of aromatic nitrogens is 2. The topological polar surface area (TPSA) is 92.7 Å². The Labute approximate surface area is 179 Å². The molecule has 1 fully saturated rings. The van der Waals surface area contributed by atoms with Crippen molar-refractivity contribution in [3.8, 4) is 0 Å². The number of ether oxygens (including phenoxy) is 1. The summed E-state index contributed by atoms with van der Waals surface area (Å²) in [5.41, 5.74) is 0.885. The Balaban J connectivity index is 1.59. The number of carbonyl (C=O) groups excluding carboxylic acids is 1. The number of nitrogens with zero attached hydrogens (tertiary/aromatic N) is 4. The number of benzene rings is 1. The van der Waals surface area contributed by atoms with Gasteiger partial charge in [-0.05, 0) is 23.6 Å². The zero-order valence-corrected chi connectivity index (χ0v) is 18.4. The third-order valence-corrected chi connectivity index (χ3v) is 8.07. The molecule has 0 N–H and O–H groups in total. The molecule has 0 spiro atoms. The van der Waals surface area contributed by atoms with E-state index in [1.807, 2.05) is 31.2 Å². The molecule has 8 nitrogen and oxygen atoms in total. The fraction of sp³-hybridized carbons (Fsp3) is 0.350. The van der Waals surface area contributed by atoms with Gasteiger partial charge in [-0.1, -0.05) is 19.1 Å². The first-order chi connectivity index (χ1) is 14.5. The molecule has 10 heteroatoms. The Morgan fingerprint density at radius 2 is 1.87 bits per heavy atom. The van der Waals surface area contributed by atoms with Gasteiger partial charge in [0.15, 0.2) is 0 Å². The number of anilines is 1. The monoisotopic (exact) mass is 446 g/mol. The molecule has 1 aliphatic heterocycles. The average Bonchev–Trinajstić information content (AvgIpc) is 3.29. The van der Waals surface area contributed by atoms with E-state index in [9.17, 15) is 13.2 Å². The SMILES string of the molecule is CCc1nc(N2CCN(S(=O)(=O)c3ccsc3C(=O)OC)CC2)c2ccccc2n1.